The fourth-order valence-electron chi connectivity index (χ4n) is 5.63. The van der Waals surface area contributed by atoms with Gasteiger partial charge in [0.05, 0.1) is 25.7 Å². The normalized spacial score (nSPS) is 18.2. The molecule has 232 valence electrons. The SMILES string of the molecule is COc1ccc2[nH]c3c(c2c1)CCN(C(=O)CNCC(N)=O)C31CCN(CCOc2ccccc2)C1.O=C(O)C(F)(F)F. The summed E-state index contributed by atoms with van der Waals surface area (Å²) in [4.78, 5) is 41.5. The second-order valence-corrected chi connectivity index (χ2v) is 10.3. The number of fused-ring (bicyclic) bond motifs is 4. The fraction of sp³-hybridized carbons (Fsp3) is 0.414. The molecule has 3 heterocycles. The van der Waals surface area contributed by atoms with E-state index in [1.165, 1.54) is 5.56 Å². The number of hydrogen-bond acceptors (Lipinski definition) is 7. The number of ether oxygens (including phenoxy) is 2. The Morgan fingerprint density at radius 2 is 1.81 bits per heavy atom. The number of rotatable bonds is 9. The zero-order valence-electron chi connectivity index (χ0n) is 23.6. The van der Waals surface area contributed by atoms with Gasteiger partial charge in [-0.3, -0.25) is 19.8 Å². The Kier molecular flexibility index (Phi) is 9.81. The summed E-state index contributed by atoms with van der Waals surface area (Å²) in [7, 11) is 1.67. The number of halogens is 3. The first kappa shape index (κ1) is 31.6. The molecule has 0 bridgehead atoms. The quantitative estimate of drug-likeness (QED) is 0.290. The van der Waals surface area contributed by atoms with Crippen molar-refractivity contribution in [2.75, 3.05) is 53.0 Å². The number of likely N-dealkylation sites (tertiary alicyclic amines) is 1. The second-order valence-electron chi connectivity index (χ2n) is 10.3. The van der Waals surface area contributed by atoms with Crippen LogP contribution in [0.2, 0.25) is 0 Å². The summed E-state index contributed by atoms with van der Waals surface area (Å²) >= 11 is 0. The summed E-state index contributed by atoms with van der Waals surface area (Å²) < 4.78 is 43.1. The van der Waals surface area contributed by atoms with Crippen molar-refractivity contribution >= 4 is 28.7 Å². The molecule has 5 rings (SSSR count). The third kappa shape index (κ3) is 7.38. The lowest BCUT2D eigenvalue weighted by atomic mass is 9.83. The summed E-state index contributed by atoms with van der Waals surface area (Å²) in [5.41, 5.74) is 8.18. The Labute approximate surface area is 245 Å². The Morgan fingerprint density at radius 3 is 2.47 bits per heavy atom. The van der Waals surface area contributed by atoms with Gasteiger partial charge in [0.2, 0.25) is 11.8 Å². The molecular formula is C29H34F3N5O6. The lowest BCUT2D eigenvalue weighted by Crippen LogP contribution is -2.57. The van der Waals surface area contributed by atoms with Crippen LogP contribution >= 0.6 is 0 Å². The van der Waals surface area contributed by atoms with Crippen molar-refractivity contribution in [3.63, 3.8) is 0 Å². The Hall–Kier alpha value is -4.30. The molecule has 1 fully saturated rings. The number of carbonyl (C=O) groups is 3. The molecule has 2 aromatic carbocycles. The number of benzene rings is 2. The van der Waals surface area contributed by atoms with Gasteiger partial charge in [0.25, 0.3) is 0 Å². The highest BCUT2D eigenvalue weighted by molar-refractivity contribution is 5.88. The summed E-state index contributed by atoms with van der Waals surface area (Å²) in [5.74, 6) is -1.59. The van der Waals surface area contributed by atoms with E-state index < -0.39 is 23.6 Å². The van der Waals surface area contributed by atoms with Crippen LogP contribution in [0, 0.1) is 0 Å². The first-order chi connectivity index (χ1) is 20.4. The minimum Gasteiger partial charge on any atom is -0.497 e. The third-order valence-electron chi connectivity index (χ3n) is 7.55. The van der Waals surface area contributed by atoms with Gasteiger partial charge < -0.3 is 30.2 Å². The number of methoxy groups -OCH3 is 1. The summed E-state index contributed by atoms with van der Waals surface area (Å²) in [6.07, 6.45) is -3.51. The molecule has 14 heteroatoms. The van der Waals surface area contributed by atoms with Crippen molar-refractivity contribution in [3.05, 3.63) is 59.8 Å². The molecular weight excluding hydrogens is 571 g/mol. The van der Waals surface area contributed by atoms with Crippen LogP contribution in [0.4, 0.5) is 13.2 Å². The van der Waals surface area contributed by atoms with Gasteiger partial charge in [-0.2, -0.15) is 13.2 Å². The van der Waals surface area contributed by atoms with E-state index in [0.717, 1.165) is 54.0 Å². The summed E-state index contributed by atoms with van der Waals surface area (Å²) in [6, 6.07) is 15.9. The number of H-pyrrole nitrogens is 1. The number of alkyl halides is 3. The summed E-state index contributed by atoms with van der Waals surface area (Å²) in [5, 5.41) is 11.2. The number of primary amides is 1. The fourth-order valence-corrected chi connectivity index (χ4v) is 5.63. The molecule has 0 aliphatic carbocycles. The number of aromatic amines is 1. The Bertz CT molecular complexity index is 1450. The first-order valence-corrected chi connectivity index (χ1v) is 13.6. The van der Waals surface area contributed by atoms with Gasteiger partial charge in [-0.25, -0.2) is 4.79 Å². The van der Waals surface area contributed by atoms with Crippen LogP contribution in [0.1, 0.15) is 17.7 Å². The average molecular weight is 606 g/mol. The number of aliphatic carboxylic acids is 1. The van der Waals surface area contributed by atoms with Gasteiger partial charge in [-0.1, -0.05) is 18.2 Å². The van der Waals surface area contributed by atoms with Crippen molar-refractivity contribution in [2.24, 2.45) is 5.73 Å². The van der Waals surface area contributed by atoms with E-state index in [1.807, 2.05) is 47.4 Å². The largest absolute Gasteiger partial charge is 0.497 e. The molecule has 1 unspecified atom stereocenters. The molecule has 2 aliphatic rings. The molecule has 11 nitrogen and oxygen atoms in total. The van der Waals surface area contributed by atoms with Gasteiger partial charge in [0.15, 0.2) is 0 Å². The van der Waals surface area contributed by atoms with E-state index in [-0.39, 0.29) is 19.0 Å². The van der Waals surface area contributed by atoms with E-state index in [4.69, 9.17) is 25.1 Å². The standard InChI is InChI=1S/C27H33N5O4.C2HF3O2/c1-35-20-7-8-23-22(15-20)21-9-11-32(25(34)17-29-16-24(28)33)27(26(21)30-23)10-12-31(18-27)13-14-36-19-5-3-2-4-6-19;3-2(4,5)1(6)7/h2-8,15,29-30H,9-14,16-18H2,1H3,(H2,28,33);(H,6,7). The van der Waals surface area contributed by atoms with Crippen molar-refractivity contribution in [2.45, 2.75) is 24.6 Å². The van der Waals surface area contributed by atoms with Crippen LogP contribution in [0.3, 0.4) is 0 Å². The molecule has 43 heavy (non-hydrogen) atoms. The van der Waals surface area contributed by atoms with Crippen LogP contribution in [-0.2, 0) is 26.3 Å². The minimum absolute atomic E-state index is 0.0209. The van der Waals surface area contributed by atoms with Gasteiger partial charge in [0, 0.05) is 42.8 Å². The molecule has 1 atom stereocenters. The highest BCUT2D eigenvalue weighted by Gasteiger charge is 2.50. The smallest absolute Gasteiger partial charge is 0.490 e. The number of nitrogens with two attached hydrogens (primary N) is 1. The molecule has 5 N–H and O–H groups in total. The highest BCUT2D eigenvalue weighted by Crippen LogP contribution is 2.45. The number of carboxylic acids is 1. The van der Waals surface area contributed by atoms with E-state index >= 15 is 0 Å². The average Bonchev–Trinajstić information content (AvgIpc) is 3.56. The number of carbonyl (C=O) groups excluding carboxylic acids is 2. The van der Waals surface area contributed by atoms with Crippen LogP contribution in [-0.4, -0.2) is 96.8 Å². The molecule has 1 spiro atoms. The van der Waals surface area contributed by atoms with Crippen LogP contribution in [0.15, 0.2) is 48.5 Å². The molecule has 2 amide bonds. The minimum atomic E-state index is -5.08. The molecule has 0 saturated carbocycles. The summed E-state index contributed by atoms with van der Waals surface area (Å²) in [6.45, 7) is 3.58. The molecule has 2 aliphatic heterocycles. The van der Waals surface area contributed by atoms with Crippen LogP contribution < -0.4 is 20.5 Å². The van der Waals surface area contributed by atoms with Gasteiger partial charge >= 0.3 is 12.1 Å². The van der Waals surface area contributed by atoms with Crippen molar-refractivity contribution in [1.29, 1.82) is 0 Å². The van der Waals surface area contributed by atoms with Crippen LogP contribution in [0.25, 0.3) is 10.9 Å². The third-order valence-corrected chi connectivity index (χ3v) is 7.55. The van der Waals surface area contributed by atoms with Crippen molar-refractivity contribution < 1.29 is 42.1 Å². The van der Waals surface area contributed by atoms with E-state index in [9.17, 15) is 22.8 Å². The monoisotopic (exact) mass is 605 g/mol. The van der Waals surface area contributed by atoms with E-state index in [2.05, 4.69) is 21.3 Å². The Balaban J connectivity index is 0.000000541. The number of aromatic nitrogens is 1. The number of nitrogens with zero attached hydrogens (tertiary/aromatic N) is 2. The van der Waals surface area contributed by atoms with Crippen LogP contribution in [0.5, 0.6) is 11.5 Å². The second kappa shape index (κ2) is 13.3. The molecule has 0 radical (unpaired) electrons. The maximum absolute atomic E-state index is 13.4. The zero-order valence-corrected chi connectivity index (χ0v) is 23.6. The van der Waals surface area contributed by atoms with Gasteiger partial charge in [0.1, 0.15) is 18.1 Å². The zero-order chi connectivity index (χ0) is 31.2. The maximum atomic E-state index is 13.4. The maximum Gasteiger partial charge on any atom is 0.490 e. The lowest BCUT2D eigenvalue weighted by molar-refractivity contribution is -0.192. The highest BCUT2D eigenvalue weighted by atomic mass is 19.4. The molecule has 1 saturated heterocycles. The predicted octanol–water partition coefficient (Wildman–Crippen LogP) is 2.25. The number of para-hydroxylation sites is 1. The predicted molar refractivity (Wildman–Crippen MR) is 151 cm³/mol. The van der Waals surface area contributed by atoms with E-state index in [1.54, 1.807) is 7.11 Å². The van der Waals surface area contributed by atoms with Gasteiger partial charge in [-0.05, 0) is 48.7 Å². The lowest BCUT2D eigenvalue weighted by Gasteiger charge is -2.45. The van der Waals surface area contributed by atoms with Gasteiger partial charge in [-0.15, -0.1) is 0 Å². The number of nitrogens with one attached hydrogen (secondary N) is 2. The van der Waals surface area contributed by atoms with E-state index in [0.29, 0.717) is 19.7 Å². The number of hydrogen-bond donors (Lipinski definition) is 4. The first-order valence-electron chi connectivity index (χ1n) is 13.6. The number of carboxylic acid groups (broad SMARTS) is 1. The van der Waals surface area contributed by atoms with Crippen molar-refractivity contribution in [1.82, 2.24) is 20.1 Å². The molecule has 3 aromatic rings. The molecule has 1 aromatic heterocycles. The Morgan fingerprint density at radius 1 is 1.09 bits per heavy atom. The van der Waals surface area contributed by atoms with Crippen molar-refractivity contribution in [3.8, 4) is 11.5 Å². The number of amides is 2. The topological polar surface area (TPSA) is 150 Å².